The highest BCUT2D eigenvalue weighted by Gasteiger charge is 2.44. The summed E-state index contributed by atoms with van der Waals surface area (Å²) in [6.07, 6.45) is 1.84. The number of halogens is 2. The van der Waals surface area contributed by atoms with Crippen LogP contribution < -0.4 is 5.73 Å². The van der Waals surface area contributed by atoms with Crippen LogP contribution in [0.2, 0.25) is 0 Å². The second-order valence-electron chi connectivity index (χ2n) is 5.25. The van der Waals surface area contributed by atoms with Crippen molar-refractivity contribution in [1.82, 2.24) is 4.90 Å². The van der Waals surface area contributed by atoms with Gasteiger partial charge >= 0.3 is 0 Å². The maximum absolute atomic E-state index is 12.4. The van der Waals surface area contributed by atoms with Crippen LogP contribution in [0.15, 0.2) is 0 Å². The molecule has 0 saturated heterocycles. The molecule has 2 rings (SSSR count). The highest BCUT2D eigenvalue weighted by atomic mass is 19.3. The zero-order valence-corrected chi connectivity index (χ0v) is 9.95. The van der Waals surface area contributed by atoms with Crippen molar-refractivity contribution in [2.45, 2.75) is 32.1 Å². The van der Waals surface area contributed by atoms with E-state index in [0.29, 0.717) is 11.8 Å². The van der Waals surface area contributed by atoms with E-state index in [4.69, 9.17) is 5.73 Å². The zero-order valence-electron chi connectivity index (χ0n) is 9.95. The van der Waals surface area contributed by atoms with Crippen LogP contribution in [0.4, 0.5) is 8.78 Å². The molecule has 2 aliphatic carbocycles. The number of carbonyl (C=O) groups excluding carboxylic acids is 1. The molecule has 0 aromatic carbocycles. The molecular formula is C12H20F2N2O. The van der Waals surface area contributed by atoms with E-state index in [0.717, 1.165) is 19.3 Å². The lowest BCUT2D eigenvalue weighted by atomic mass is 9.87. The SMILES string of the molecule is NCCN(CC(F)F)C(=O)C1CC2CCC1C2. The molecule has 3 atom stereocenters. The fourth-order valence-corrected chi connectivity index (χ4v) is 3.40. The normalized spacial score (nSPS) is 31.2. The van der Waals surface area contributed by atoms with Crippen LogP contribution in [0.1, 0.15) is 25.7 Å². The van der Waals surface area contributed by atoms with Crippen molar-refractivity contribution in [3.63, 3.8) is 0 Å². The van der Waals surface area contributed by atoms with Crippen molar-refractivity contribution in [2.24, 2.45) is 23.5 Å². The van der Waals surface area contributed by atoms with Crippen LogP contribution in [0.25, 0.3) is 0 Å². The second kappa shape index (κ2) is 5.29. The van der Waals surface area contributed by atoms with Crippen LogP contribution in [0, 0.1) is 17.8 Å². The molecule has 0 aromatic heterocycles. The Balaban J connectivity index is 1.96. The van der Waals surface area contributed by atoms with Gasteiger partial charge in [-0.15, -0.1) is 0 Å². The number of hydrogen-bond acceptors (Lipinski definition) is 2. The van der Waals surface area contributed by atoms with Crippen LogP contribution in [0.5, 0.6) is 0 Å². The highest BCUT2D eigenvalue weighted by Crippen LogP contribution is 2.48. The Labute approximate surface area is 100 Å². The molecular weight excluding hydrogens is 226 g/mol. The molecule has 1 amide bonds. The lowest BCUT2D eigenvalue weighted by Crippen LogP contribution is -2.43. The monoisotopic (exact) mass is 246 g/mol. The van der Waals surface area contributed by atoms with Gasteiger partial charge in [0, 0.05) is 19.0 Å². The Morgan fingerprint density at radius 2 is 2.12 bits per heavy atom. The molecule has 17 heavy (non-hydrogen) atoms. The van der Waals surface area contributed by atoms with Crippen LogP contribution in [0.3, 0.4) is 0 Å². The summed E-state index contributed by atoms with van der Waals surface area (Å²) in [5.41, 5.74) is 5.38. The van der Waals surface area contributed by atoms with E-state index in [2.05, 4.69) is 0 Å². The van der Waals surface area contributed by atoms with E-state index < -0.39 is 13.0 Å². The van der Waals surface area contributed by atoms with Gasteiger partial charge in [0.05, 0.1) is 6.54 Å². The molecule has 0 spiro atoms. The average Bonchev–Trinajstić information content (AvgIpc) is 2.88. The molecule has 0 aromatic rings. The smallest absolute Gasteiger partial charge is 0.255 e. The van der Waals surface area contributed by atoms with Gasteiger partial charge in [-0.05, 0) is 31.1 Å². The van der Waals surface area contributed by atoms with Crippen LogP contribution in [-0.4, -0.2) is 36.9 Å². The molecule has 5 heteroatoms. The van der Waals surface area contributed by atoms with E-state index in [1.165, 1.54) is 11.3 Å². The molecule has 2 aliphatic rings. The minimum atomic E-state index is -2.47. The van der Waals surface area contributed by atoms with Crippen molar-refractivity contribution in [3.8, 4) is 0 Å². The number of fused-ring (bicyclic) bond motifs is 2. The quantitative estimate of drug-likeness (QED) is 0.798. The topological polar surface area (TPSA) is 46.3 Å². The number of carbonyl (C=O) groups is 1. The molecule has 0 aliphatic heterocycles. The van der Waals surface area contributed by atoms with Gasteiger partial charge in [-0.25, -0.2) is 8.78 Å². The van der Waals surface area contributed by atoms with Crippen molar-refractivity contribution < 1.29 is 13.6 Å². The Morgan fingerprint density at radius 3 is 2.59 bits per heavy atom. The summed E-state index contributed by atoms with van der Waals surface area (Å²) in [7, 11) is 0. The molecule has 2 bridgehead atoms. The van der Waals surface area contributed by atoms with Gasteiger partial charge in [-0.3, -0.25) is 4.79 Å². The maximum atomic E-state index is 12.4. The number of nitrogens with two attached hydrogens (primary N) is 1. The van der Waals surface area contributed by atoms with E-state index in [1.54, 1.807) is 0 Å². The predicted molar refractivity (Wildman–Crippen MR) is 60.6 cm³/mol. The van der Waals surface area contributed by atoms with Crippen molar-refractivity contribution >= 4 is 5.91 Å². The summed E-state index contributed by atoms with van der Waals surface area (Å²) < 4.78 is 24.8. The summed E-state index contributed by atoms with van der Waals surface area (Å²) in [5.74, 6) is 0.979. The molecule has 3 nitrogen and oxygen atoms in total. The van der Waals surface area contributed by atoms with Crippen molar-refractivity contribution in [3.05, 3.63) is 0 Å². The Bertz CT molecular complexity index is 286. The van der Waals surface area contributed by atoms with Gasteiger partial charge < -0.3 is 10.6 Å². The van der Waals surface area contributed by atoms with Gasteiger partial charge in [-0.2, -0.15) is 0 Å². The number of hydrogen-bond donors (Lipinski definition) is 1. The standard InChI is InChI=1S/C12H20F2N2O/c13-11(14)7-16(4-3-15)12(17)10-6-8-1-2-9(10)5-8/h8-11H,1-7,15H2. The van der Waals surface area contributed by atoms with Crippen LogP contribution in [-0.2, 0) is 4.79 Å². The highest BCUT2D eigenvalue weighted by molar-refractivity contribution is 5.79. The fourth-order valence-electron chi connectivity index (χ4n) is 3.40. The van der Waals surface area contributed by atoms with Gasteiger partial charge in [0.15, 0.2) is 0 Å². The molecule has 3 unspecified atom stereocenters. The summed E-state index contributed by atoms with van der Waals surface area (Å²) >= 11 is 0. The van der Waals surface area contributed by atoms with Gasteiger partial charge in [0.25, 0.3) is 6.43 Å². The fraction of sp³-hybridized carbons (Fsp3) is 0.917. The van der Waals surface area contributed by atoms with Gasteiger partial charge in [0.1, 0.15) is 0 Å². The first kappa shape index (κ1) is 12.7. The van der Waals surface area contributed by atoms with E-state index in [9.17, 15) is 13.6 Å². The number of alkyl halides is 2. The number of rotatable bonds is 5. The second-order valence-corrected chi connectivity index (χ2v) is 5.25. The first-order valence-electron chi connectivity index (χ1n) is 6.38. The lowest BCUT2D eigenvalue weighted by Gasteiger charge is -2.29. The minimum absolute atomic E-state index is 0.0148. The van der Waals surface area contributed by atoms with Crippen molar-refractivity contribution in [1.29, 1.82) is 0 Å². The summed E-state index contributed by atoms with van der Waals surface area (Å²) in [5, 5.41) is 0. The number of nitrogens with zero attached hydrogens (tertiary/aromatic N) is 1. The summed E-state index contributed by atoms with van der Waals surface area (Å²) in [6, 6.07) is 0. The maximum Gasteiger partial charge on any atom is 0.255 e. The van der Waals surface area contributed by atoms with Crippen molar-refractivity contribution in [2.75, 3.05) is 19.6 Å². The Morgan fingerprint density at radius 1 is 1.35 bits per heavy atom. The third-order valence-corrected chi connectivity index (χ3v) is 4.12. The zero-order chi connectivity index (χ0) is 12.4. The lowest BCUT2D eigenvalue weighted by molar-refractivity contribution is -0.139. The molecule has 0 heterocycles. The van der Waals surface area contributed by atoms with Gasteiger partial charge in [0.2, 0.25) is 5.91 Å². The Hall–Kier alpha value is -0.710. The first-order chi connectivity index (χ1) is 8.11. The average molecular weight is 246 g/mol. The minimum Gasteiger partial charge on any atom is -0.335 e. The van der Waals surface area contributed by atoms with E-state index in [1.807, 2.05) is 0 Å². The summed E-state index contributed by atoms with van der Waals surface area (Å²) in [6.45, 7) is 0.0280. The third-order valence-electron chi connectivity index (χ3n) is 4.12. The molecule has 98 valence electrons. The van der Waals surface area contributed by atoms with E-state index in [-0.39, 0.29) is 24.9 Å². The third kappa shape index (κ3) is 2.76. The van der Waals surface area contributed by atoms with Gasteiger partial charge in [-0.1, -0.05) is 6.42 Å². The largest absolute Gasteiger partial charge is 0.335 e. The molecule has 2 fully saturated rings. The molecule has 0 radical (unpaired) electrons. The van der Waals surface area contributed by atoms with E-state index >= 15 is 0 Å². The summed E-state index contributed by atoms with van der Waals surface area (Å²) in [4.78, 5) is 13.5. The molecule has 2 N–H and O–H groups in total. The predicted octanol–water partition coefficient (Wildman–Crippen LogP) is 1.47. The number of amides is 1. The van der Waals surface area contributed by atoms with Crippen LogP contribution >= 0.6 is 0 Å². The molecule has 2 saturated carbocycles. The Kier molecular flexibility index (Phi) is 3.97. The first-order valence-corrected chi connectivity index (χ1v) is 6.38.